The second-order valence-corrected chi connectivity index (χ2v) is 4.60. The molecule has 0 spiro atoms. The number of carboxylic acid groups (broad SMARTS) is 1. The third-order valence-corrected chi connectivity index (χ3v) is 1.67. The number of carbonyl (C=O) groups is 2. The Morgan fingerprint density at radius 3 is 2.20 bits per heavy atom. The fraction of sp³-hybridized carbons (Fsp3) is 0.800. The van der Waals surface area contributed by atoms with Crippen molar-refractivity contribution in [2.75, 3.05) is 13.6 Å². The summed E-state index contributed by atoms with van der Waals surface area (Å²) in [4.78, 5) is 23.3. The Kier molecular flexibility index (Phi) is 4.58. The summed E-state index contributed by atoms with van der Waals surface area (Å²) in [7, 11) is 1.52. The molecule has 0 aliphatic heterocycles. The van der Waals surface area contributed by atoms with E-state index in [4.69, 9.17) is 9.84 Å². The van der Waals surface area contributed by atoms with Crippen LogP contribution in [-0.4, -0.2) is 41.3 Å². The van der Waals surface area contributed by atoms with E-state index in [9.17, 15) is 9.59 Å². The lowest BCUT2D eigenvalue weighted by molar-refractivity contribution is -0.141. The van der Waals surface area contributed by atoms with Crippen molar-refractivity contribution in [2.24, 2.45) is 5.92 Å². The molecule has 1 unspecified atom stereocenters. The number of hydrogen-bond acceptors (Lipinski definition) is 3. The smallest absolute Gasteiger partial charge is 0.410 e. The van der Waals surface area contributed by atoms with E-state index in [2.05, 4.69) is 0 Å². The van der Waals surface area contributed by atoms with Crippen molar-refractivity contribution >= 4 is 12.1 Å². The highest BCUT2D eigenvalue weighted by atomic mass is 16.6. The van der Waals surface area contributed by atoms with Crippen LogP contribution in [0.3, 0.4) is 0 Å². The molecule has 0 fully saturated rings. The van der Waals surface area contributed by atoms with E-state index >= 15 is 0 Å². The van der Waals surface area contributed by atoms with Gasteiger partial charge in [0.15, 0.2) is 0 Å². The zero-order valence-electron chi connectivity index (χ0n) is 9.90. The van der Waals surface area contributed by atoms with Crippen LogP contribution in [0.25, 0.3) is 0 Å². The quantitative estimate of drug-likeness (QED) is 0.779. The summed E-state index contributed by atoms with van der Waals surface area (Å²) in [5.74, 6) is -1.52. The van der Waals surface area contributed by atoms with Crippen molar-refractivity contribution in [1.29, 1.82) is 0 Å². The van der Waals surface area contributed by atoms with Crippen molar-refractivity contribution in [3.05, 3.63) is 0 Å². The molecule has 0 heterocycles. The molecule has 0 radical (unpaired) electrons. The molecule has 0 aromatic carbocycles. The minimum Gasteiger partial charge on any atom is -0.481 e. The molecule has 15 heavy (non-hydrogen) atoms. The van der Waals surface area contributed by atoms with E-state index in [-0.39, 0.29) is 6.54 Å². The highest BCUT2D eigenvalue weighted by molar-refractivity contribution is 5.72. The van der Waals surface area contributed by atoms with Crippen molar-refractivity contribution in [3.63, 3.8) is 0 Å². The normalized spacial score (nSPS) is 13.1. The van der Waals surface area contributed by atoms with Crippen LogP contribution >= 0.6 is 0 Å². The minimum atomic E-state index is -0.926. The molecular formula is C10H19NO4. The summed E-state index contributed by atoms with van der Waals surface area (Å²) in [6.07, 6.45) is -0.504. The largest absolute Gasteiger partial charge is 0.481 e. The molecule has 0 aromatic heterocycles. The predicted octanol–water partition coefficient (Wildman–Crippen LogP) is 1.57. The number of carboxylic acids is 1. The standard InChI is InChI=1S/C10H19NO4/c1-7(8(12)13)6-11(5)9(14)15-10(2,3)4/h7H,6H2,1-5H3,(H,12,13). The van der Waals surface area contributed by atoms with Crippen LogP contribution in [0.2, 0.25) is 0 Å². The Labute approximate surface area is 90.0 Å². The first-order valence-electron chi connectivity index (χ1n) is 4.80. The Bertz CT molecular complexity index is 244. The number of nitrogens with zero attached hydrogens (tertiary/aromatic N) is 1. The van der Waals surface area contributed by atoms with Gasteiger partial charge in [-0.1, -0.05) is 6.92 Å². The second kappa shape index (κ2) is 5.00. The fourth-order valence-electron chi connectivity index (χ4n) is 0.903. The molecule has 88 valence electrons. The molecule has 0 saturated heterocycles. The van der Waals surface area contributed by atoms with Crippen LogP contribution in [0.15, 0.2) is 0 Å². The molecule has 5 heteroatoms. The molecule has 0 aromatic rings. The highest BCUT2D eigenvalue weighted by Crippen LogP contribution is 2.10. The summed E-state index contributed by atoms with van der Waals surface area (Å²) in [6, 6.07) is 0. The maximum Gasteiger partial charge on any atom is 0.410 e. The van der Waals surface area contributed by atoms with Gasteiger partial charge in [-0.05, 0) is 20.8 Å². The lowest BCUT2D eigenvalue weighted by atomic mass is 10.2. The molecule has 0 aliphatic rings. The van der Waals surface area contributed by atoms with Gasteiger partial charge in [0.1, 0.15) is 5.60 Å². The van der Waals surface area contributed by atoms with Gasteiger partial charge < -0.3 is 14.7 Å². The third-order valence-electron chi connectivity index (χ3n) is 1.67. The number of rotatable bonds is 3. The van der Waals surface area contributed by atoms with Crippen LogP contribution in [-0.2, 0) is 9.53 Å². The predicted molar refractivity (Wildman–Crippen MR) is 55.7 cm³/mol. The van der Waals surface area contributed by atoms with Crippen LogP contribution in [0.5, 0.6) is 0 Å². The molecule has 1 atom stereocenters. The maximum absolute atomic E-state index is 11.4. The number of aliphatic carboxylic acids is 1. The summed E-state index contributed by atoms with van der Waals surface area (Å²) < 4.78 is 5.07. The van der Waals surface area contributed by atoms with Gasteiger partial charge in [-0.15, -0.1) is 0 Å². The summed E-state index contributed by atoms with van der Waals surface area (Å²) >= 11 is 0. The zero-order valence-corrected chi connectivity index (χ0v) is 9.90. The molecule has 1 amide bonds. The van der Waals surface area contributed by atoms with Gasteiger partial charge in [-0.25, -0.2) is 4.79 Å². The number of carbonyl (C=O) groups excluding carboxylic acids is 1. The van der Waals surface area contributed by atoms with Crippen LogP contribution in [0, 0.1) is 5.92 Å². The Hall–Kier alpha value is -1.26. The number of ether oxygens (including phenoxy) is 1. The van der Waals surface area contributed by atoms with Crippen molar-refractivity contribution < 1.29 is 19.4 Å². The molecular weight excluding hydrogens is 198 g/mol. The number of amides is 1. The molecule has 0 aliphatic carbocycles. The average Bonchev–Trinajstić information content (AvgIpc) is 2.00. The lowest BCUT2D eigenvalue weighted by Crippen LogP contribution is -2.37. The fourth-order valence-corrected chi connectivity index (χ4v) is 0.903. The highest BCUT2D eigenvalue weighted by Gasteiger charge is 2.22. The third kappa shape index (κ3) is 5.93. The van der Waals surface area contributed by atoms with E-state index in [1.165, 1.54) is 11.9 Å². The maximum atomic E-state index is 11.4. The number of hydrogen-bond donors (Lipinski definition) is 1. The van der Waals surface area contributed by atoms with E-state index in [1.54, 1.807) is 27.7 Å². The second-order valence-electron chi connectivity index (χ2n) is 4.60. The van der Waals surface area contributed by atoms with Crippen molar-refractivity contribution in [1.82, 2.24) is 4.90 Å². The first-order valence-corrected chi connectivity index (χ1v) is 4.80. The molecule has 0 bridgehead atoms. The van der Waals surface area contributed by atoms with E-state index in [0.717, 1.165) is 0 Å². The summed E-state index contributed by atoms with van der Waals surface area (Å²) in [5, 5.41) is 8.67. The van der Waals surface area contributed by atoms with Crippen LogP contribution in [0.1, 0.15) is 27.7 Å². The van der Waals surface area contributed by atoms with Gasteiger partial charge in [0, 0.05) is 13.6 Å². The molecule has 1 N–H and O–H groups in total. The monoisotopic (exact) mass is 217 g/mol. The van der Waals surface area contributed by atoms with Gasteiger partial charge >= 0.3 is 12.1 Å². The first kappa shape index (κ1) is 13.7. The minimum absolute atomic E-state index is 0.143. The van der Waals surface area contributed by atoms with E-state index in [0.29, 0.717) is 0 Å². The molecule has 5 nitrogen and oxygen atoms in total. The average molecular weight is 217 g/mol. The van der Waals surface area contributed by atoms with Crippen molar-refractivity contribution in [2.45, 2.75) is 33.3 Å². The topological polar surface area (TPSA) is 66.8 Å². The Morgan fingerprint density at radius 1 is 1.40 bits per heavy atom. The van der Waals surface area contributed by atoms with Crippen LogP contribution < -0.4 is 0 Å². The molecule has 0 saturated carbocycles. The van der Waals surface area contributed by atoms with Crippen molar-refractivity contribution in [3.8, 4) is 0 Å². The first-order chi connectivity index (χ1) is 6.63. The SMILES string of the molecule is CC(CN(C)C(=O)OC(C)(C)C)C(=O)O. The van der Waals surface area contributed by atoms with E-state index < -0.39 is 23.6 Å². The van der Waals surface area contributed by atoms with Gasteiger partial charge in [-0.3, -0.25) is 4.79 Å². The Balaban J connectivity index is 4.17. The Morgan fingerprint density at radius 2 is 1.87 bits per heavy atom. The lowest BCUT2D eigenvalue weighted by Gasteiger charge is -2.25. The van der Waals surface area contributed by atoms with Gasteiger partial charge in [0.25, 0.3) is 0 Å². The summed E-state index contributed by atoms with van der Waals surface area (Å²) in [6.45, 7) is 6.98. The van der Waals surface area contributed by atoms with Crippen LogP contribution in [0.4, 0.5) is 4.79 Å². The zero-order chi connectivity index (χ0) is 12.2. The van der Waals surface area contributed by atoms with E-state index in [1.807, 2.05) is 0 Å². The van der Waals surface area contributed by atoms with Gasteiger partial charge in [0.2, 0.25) is 0 Å². The summed E-state index contributed by atoms with van der Waals surface area (Å²) in [5.41, 5.74) is -0.558. The molecule has 0 rings (SSSR count). The van der Waals surface area contributed by atoms with Gasteiger partial charge in [0.05, 0.1) is 5.92 Å². The van der Waals surface area contributed by atoms with Gasteiger partial charge in [-0.2, -0.15) is 0 Å².